The lowest BCUT2D eigenvalue weighted by atomic mass is 9.79. The van der Waals surface area contributed by atoms with Crippen molar-refractivity contribution in [2.45, 2.75) is 56.5 Å². The quantitative estimate of drug-likeness (QED) is 0.261. The molecule has 0 aromatic heterocycles. The Balaban J connectivity index is 1.74. The molecule has 6 N–H and O–H groups in total. The number of aliphatic hydroxyl groups excluding tert-OH is 2. The topological polar surface area (TPSA) is 145 Å². The molecule has 9 nitrogen and oxygen atoms in total. The highest BCUT2D eigenvalue weighted by Gasteiger charge is 2.60. The first-order chi connectivity index (χ1) is 13.8. The first-order valence-electron chi connectivity index (χ1n) is 10.2. The number of carbonyl (C=O) groups excluding carboxylic acids is 1. The zero-order chi connectivity index (χ0) is 21.3. The van der Waals surface area contributed by atoms with E-state index < -0.39 is 18.2 Å². The summed E-state index contributed by atoms with van der Waals surface area (Å²) in [6.45, 7) is 4.97. The minimum atomic E-state index is -1.45. The van der Waals surface area contributed by atoms with E-state index in [0.717, 1.165) is 24.3 Å². The van der Waals surface area contributed by atoms with Gasteiger partial charge in [-0.2, -0.15) is 0 Å². The van der Waals surface area contributed by atoms with Crippen molar-refractivity contribution in [1.29, 1.82) is 0 Å². The summed E-state index contributed by atoms with van der Waals surface area (Å²) < 4.78 is 5.02. The molecule has 7 atom stereocenters. The number of hydrogen-bond donors (Lipinski definition) is 5. The van der Waals surface area contributed by atoms with Crippen molar-refractivity contribution >= 4 is 23.8 Å². The molecule has 0 radical (unpaired) electrons. The Labute approximate surface area is 174 Å². The maximum atomic E-state index is 12.5. The number of ether oxygens (including phenoxy) is 1. The van der Waals surface area contributed by atoms with Gasteiger partial charge in [0.2, 0.25) is 11.8 Å². The predicted molar refractivity (Wildman–Crippen MR) is 108 cm³/mol. The number of thioether (sulfide) groups is 1. The van der Waals surface area contributed by atoms with E-state index in [2.05, 4.69) is 5.32 Å². The Morgan fingerprint density at radius 1 is 1.45 bits per heavy atom. The Kier molecular flexibility index (Phi) is 7.10. The molecule has 1 amide bonds. The lowest BCUT2D eigenvalue weighted by Gasteiger charge is -2.45. The van der Waals surface area contributed by atoms with Crippen LogP contribution < -0.4 is 11.1 Å². The zero-order valence-electron chi connectivity index (χ0n) is 16.8. The molecule has 0 aromatic rings. The smallest absolute Gasteiger partial charge is 0.449 e. The van der Waals surface area contributed by atoms with E-state index in [4.69, 9.17) is 15.6 Å². The second-order valence-corrected chi connectivity index (χ2v) is 9.47. The number of rotatable bonds is 9. The van der Waals surface area contributed by atoms with E-state index in [1.165, 1.54) is 4.90 Å². The molecule has 0 spiro atoms. The Morgan fingerprint density at radius 3 is 2.76 bits per heavy atom. The van der Waals surface area contributed by atoms with Gasteiger partial charge in [0.15, 0.2) is 0 Å². The summed E-state index contributed by atoms with van der Waals surface area (Å²) in [5.41, 5.74) is 5.71. The number of carboxylic acid groups (broad SMARTS) is 1. The third-order valence-electron chi connectivity index (χ3n) is 6.27. The number of amides is 1. The molecule has 164 valence electrons. The van der Waals surface area contributed by atoms with Crippen LogP contribution in [0.2, 0.25) is 0 Å². The summed E-state index contributed by atoms with van der Waals surface area (Å²) in [7, 11) is 0. The van der Waals surface area contributed by atoms with Crippen molar-refractivity contribution in [2.24, 2.45) is 23.5 Å². The van der Waals surface area contributed by atoms with E-state index in [1.54, 1.807) is 18.7 Å². The average molecular weight is 430 g/mol. The Hall–Kier alpha value is -1.33. The van der Waals surface area contributed by atoms with Crippen LogP contribution in [0.1, 0.15) is 33.1 Å². The molecular weight excluding hydrogens is 398 g/mol. The van der Waals surface area contributed by atoms with Gasteiger partial charge in [0.25, 0.3) is 0 Å². The minimum absolute atomic E-state index is 0.0965. The van der Waals surface area contributed by atoms with Crippen LogP contribution in [-0.2, 0) is 9.53 Å². The number of aliphatic hydroxyl groups is 2. The molecule has 2 fully saturated rings. The molecule has 3 rings (SSSR count). The molecule has 1 unspecified atom stereocenters. The second kappa shape index (κ2) is 9.22. The summed E-state index contributed by atoms with van der Waals surface area (Å²) >= 11 is 1.55. The number of nitrogens with two attached hydrogens (primary N) is 1. The van der Waals surface area contributed by atoms with Gasteiger partial charge >= 0.3 is 6.16 Å². The summed E-state index contributed by atoms with van der Waals surface area (Å²) in [4.78, 5) is 25.9. The molecule has 0 saturated carbocycles. The lowest BCUT2D eigenvalue weighted by Crippen LogP contribution is -2.63. The fourth-order valence-corrected chi connectivity index (χ4v) is 6.33. The van der Waals surface area contributed by atoms with Gasteiger partial charge in [-0.15, -0.1) is 11.8 Å². The van der Waals surface area contributed by atoms with Gasteiger partial charge < -0.3 is 31.1 Å². The van der Waals surface area contributed by atoms with Gasteiger partial charge in [0, 0.05) is 30.4 Å². The van der Waals surface area contributed by atoms with E-state index in [0.29, 0.717) is 18.9 Å². The van der Waals surface area contributed by atoms with Crippen LogP contribution in [0, 0.1) is 17.8 Å². The average Bonchev–Trinajstić information content (AvgIpc) is 3.18. The number of nitrogens with one attached hydrogen (secondary N) is 1. The third kappa shape index (κ3) is 4.27. The molecule has 29 heavy (non-hydrogen) atoms. The minimum Gasteiger partial charge on any atom is -0.449 e. The summed E-state index contributed by atoms with van der Waals surface area (Å²) in [6, 6.07) is -0.0305. The maximum Gasteiger partial charge on any atom is 0.512 e. The van der Waals surface area contributed by atoms with Gasteiger partial charge in [-0.05, 0) is 38.6 Å². The van der Waals surface area contributed by atoms with Crippen LogP contribution in [0.4, 0.5) is 4.79 Å². The number of nitrogens with zero attached hydrogens (tertiary/aromatic N) is 1. The number of hydrogen-bond acceptors (Lipinski definition) is 8. The lowest BCUT2D eigenvalue weighted by molar-refractivity contribution is -0.163. The Morgan fingerprint density at radius 2 is 2.17 bits per heavy atom. The van der Waals surface area contributed by atoms with Crippen molar-refractivity contribution in [2.75, 3.05) is 19.7 Å². The third-order valence-corrected chi connectivity index (χ3v) is 7.77. The zero-order valence-corrected chi connectivity index (χ0v) is 17.6. The van der Waals surface area contributed by atoms with Crippen LogP contribution in [0.3, 0.4) is 0 Å². The van der Waals surface area contributed by atoms with E-state index in [-0.39, 0.29) is 41.6 Å². The highest BCUT2D eigenvalue weighted by molar-refractivity contribution is 8.03. The summed E-state index contributed by atoms with van der Waals surface area (Å²) in [5.74, 6) is -0.552. The standard InChI is InChI=1S/C19H31N3O6S/c1-9-15-14(10(2)24)17(25)22(15)18(28-19(26)27)16(9)29-12-7-13(21-8-12)11(3-5-20)4-6-23/h9-15,21,23-24H,3-8,20H2,1-2H3,(H,26,27)/t9-,10-,11?,12+,13+,14-,15+/m1/s1. The van der Waals surface area contributed by atoms with E-state index in [9.17, 15) is 19.8 Å². The molecule has 0 bridgehead atoms. The normalized spacial score (nSPS) is 33.5. The first kappa shape index (κ1) is 22.4. The Bertz CT molecular complexity index is 666. The number of fused-ring (bicyclic) bond motifs is 1. The van der Waals surface area contributed by atoms with Crippen molar-refractivity contribution in [1.82, 2.24) is 10.2 Å². The molecule has 2 saturated heterocycles. The van der Waals surface area contributed by atoms with Crippen molar-refractivity contribution in [3.8, 4) is 0 Å². The molecule has 3 heterocycles. The molecule has 0 aliphatic carbocycles. The molecule has 0 aromatic carbocycles. The highest BCUT2D eigenvalue weighted by atomic mass is 32.2. The van der Waals surface area contributed by atoms with Crippen molar-refractivity contribution < 1.29 is 29.6 Å². The summed E-state index contributed by atoms with van der Waals surface area (Å²) in [5, 5.41) is 32.2. The summed E-state index contributed by atoms with van der Waals surface area (Å²) in [6.07, 6.45) is 0.147. The predicted octanol–water partition coefficient (Wildman–Crippen LogP) is 0.519. The highest BCUT2D eigenvalue weighted by Crippen LogP contribution is 2.52. The van der Waals surface area contributed by atoms with Crippen molar-refractivity contribution in [3.63, 3.8) is 0 Å². The monoisotopic (exact) mass is 429 g/mol. The molecule has 10 heteroatoms. The van der Waals surface area contributed by atoms with E-state index in [1.807, 2.05) is 6.92 Å². The number of carbonyl (C=O) groups is 2. The van der Waals surface area contributed by atoms with Crippen LogP contribution >= 0.6 is 11.8 Å². The van der Waals surface area contributed by atoms with Gasteiger partial charge in [0.05, 0.1) is 23.0 Å². The van der Waals surface area contributed by atoms with Crippen LogP contribution in [0.5, 0.6) is 0 Å². The maximum absolute atomic E-state index is 12.5. The van der Waals surface area contributed by atoms with Crippen LogP contribution in [-0.4, -0.2) is 75.4 Å². The first-order valence-corrected chi connectivity index (χ1v) is 11.0. The molecular formula is C19H31N3O6S. The van der Waals surface area contributed by atoms with Crippen LogP contribution in [0.25, 0.3) is 0 Å². The van der Waals surface area contributed by atoms with E-state index >= 15 is 0 Å². The fourth-order valence-electron chi connectivity index (χ4n) is 4.89. The van der Waals surface area contributed by atoms with Gasteiger partial charge in [-0.3, -0.25) is 9.69 Å². The molecule has 3 aliphatic heterocycles. The van der Waals surface area contributed by atoms with Gasteiger partial charge in [-0.1, -0.05) is 6.92 Å². The number of β-lactam (4-membered cyclic amide) rings is 1. The fraction of sp³-hybridized carbons (Fsp3) is 0.789. The SMILES string of the molecule is C[C@@H](O)[C@H]1C(=O)N2C(OC(=O)O)=C(S[C@@H]3CN[C@H](C(CCN)CCO)C3)[C@H](C)[C@@H]12. The van der Waals surface area contributed by atoms with Gasteiger partial charge in [-0.25, -0.2) is 4.79 Å². The second-order valence-electron chi connectivity index (χ2n) is 8.13. The molecule has 3 aliphatic rings. The van der Waals surface area contributed by atoms with Crippen LogP contribution in [0.15, 0.2) is 10.8 Å². The largest absolute Gasteiger partial charge is 0.512 e. The van der Waals surface area contributed by atoms with Crippen molar-refractivity contribution in [3.05, 3.63) is 10.8 Å². The van der Waals surface area contributed by atoms with Gasteiger partial charge in [0.1, 0.15) is 0 Å².